The van der Waals surface area contributed by atoms with Crippen LogP contribution < -0.4 is 9.47 Å². The molecule has 0 spiro atoms. The zero-order chi connectivity index (χ0) is 22.4. The van der Waals surface area contributed by atoms with Gasteiger partial charge in [0.25, 0.3) is 0 Å². The average Bonchev–Trinajstić information content (AvgIpc) is 2.78. The molecule has 0 aliphatic rings. The van der Waals surface area contributed by atoms with Crippen molar-refractivity contribution in [3.05, 3.63) is 48.5 Å². The van der Waals surface area contributed by atoms with Gasteiger partial charge in [-0.1, -0.05) is 55.8 Å². The van der Waals surface area contributed by atoms with Crippen molar-refractivity contribution >= 4 is 60.7 Å². The fourth-order valence-corrected chi connectivity index (χ4v) is 5.75. The largest absolute Gasteiger partial charge is 0.490 e. The number of unbranched alkanes of at least 4 members (excludes halogenated alkanes) is 1. The number of hydrogen-bond donors (Lipinski definition) is 0. The third-order valence-electron chi connectivity index (χ3n) is 4.40. The van der Waals surface area contributed by atoms with Gasteiger partial charge in [-0.2, -0.15) is 0 Å². The van der Waals surface area contributed by atoms with E-state index < -0.39 is 8.56 Å². The molecule has 0 amide bonds. The Kier molecular flexibility index (Phi) is 11.1. The normalized spacial score (nSPS) is 11.8. The van der Waals surface area contributed by atoms with Crippen LogP contribution in [0.15, 0.2) is 62.5 Å². The van der Waals surface area contributed by atoms with E-state index in [2.05, 4.69) is 36.4 Å². The molecule has 0 aliphatic heterocycles. The molecule has 2 aromatic rings. The van der Waals surface area contributed by atoms with Crippen LogP contribution in [0.25, 0.3) is 11.1 Å². The zero-order valence-corrected chi connectivity index (χ0v) is 20.7. The van der Waals surface area contributed by atoms with Gasteiger partial charge in [0.05, 0.1) is 28.7 Å². The standard InChI is InChI=1S/C22H23N3O2S3Si/c1-2-3-13-26-21-12-7-11-20(19-9-5-4-6-10-19)22(21)27-14-8-15-31(23-16-28,24-17-29)25-18-30/h4-7,9-12H,2-3,8,13-15H2,1H3. The minimum atomic E-state index is -2.93. The molecule has 31 heavy (non-hydrogen) atoms. The van der Waals surface area contributed by atoms with Crippen molar-refractivity contribution in [1.29, 1.82) is 0 Å². The summed E-state index contributed by atoms with van der Waals surface area (Å²) >= 11 is 14.2. The molecule has 0 bridgehead atoms. The van der Waals surface area contributed by atoms with E-state index >= 15 is 0 Å². The van der Waals surface area contributed by atoms with Gasteiger partial charge in [-0.15, -0.1) is 0 Å². The molecule has 0 N–H and O–H groups in total. The maximum Gasteiger partial charge on any atom is 0.461 e. The quantitative estimate of drug-likeness (QED) is 0.139. The van der Waals surface area contributed by atoms with Crippen molar-refractivity contribution in [1.82, 2.24) is 0 Å². The van der Waals surface area contributed by atoms with E-state index in [4.69, 9.17) is 46.1 Å². The van der Waals surface area contributed by atoms with Crippen LogP contribution in [0.3, 0.4) is 0 Å². The Hall–Kier alpha value is -2.34. The Morgan fingerprint density at radius 3 is 2.06 bits per heavy atom. The molecule has 160 valence electrons. The molecule has 0 heterocycles. The second-order valence-electron chi connectivity index (χ2n) is 6.54. The van der Waals surface area contributed by atoms with E-state index in [1.807, 2.05) is 48.5 Å². The molecule has 0 saturated carbocycles. The third kappa shape index (κ3) is 7.69. The molecule has 9 heteroatoms. The fourth-order valence-electron chi connectivity index (χ4n) is 2.90. The van der Waals surface area contributed by atoms with Crippen molar-refractivity contribution in [2.75, 3.05) is 13.2 Å². The van der Waals surface area contributed by atoms with Crippen molar-refractivity contribution in [3.63, 3.8) is 0 Å². The summed E-state index contributed by atoms with van der Waals surface area (Å²) in [4.78, 5) is 0. The van der Waals surface area contributed by atoms with E-state index in [1.165, 1.54) is 0 Å². The molecule has 0 fully saturated rings. The highest BCUT2D eigenvalue weighted by Gasteiger charge is 2.34. The smallest absolute Gasteiger partial charge is 0.461 e. The van der Waals surface area contributed by atoms with E-state index in [-0.39, 0.29) is 0 Å². The first-order valence-corrected chi connectivity index (χ1v) is 13.2. The molecule has 0 aliphatic carbocycles. The Labute approximate surface area is 200 Å². The number of ether oxygens (including phenoxy) is 2. The van der Waals surface area contributed by atoms with Crippen LogP contribution in [0.1, 0.15) is 26.2 Å². The summed E-state index contributed by atoms with van der Waals surface area (Å²) < 4.78 is 24.7. The maximum atomic E-state index is 6.22. The predicted molar refractivity (Wildman–Crippen MR) is 138 cm³/mol. The molecular formula is C22H23N3O2S3Si. The van der Waals surface area contributed by atoms with Gasteiger partial charge in [-0.3, -0.25) is 0 Å². The van der Waals surface area contributed by atoms with Gasteiger partial charge in [0, 0.05) is 11.6 Å². The lowest BCUT2D eigenvalue weighted by molar-refractivity contribution is 0.265. The highest BCUT2D eigenvalue weighted by Crippen LogP contribution is 2.38. The summed E-state index contributed by atoms with van der Waals surface area (Å²) in [5, 5.41) is 7.06. The van der Waals surface area contributed by atoms with E-state index in [1.54, 1.807) is 0 Å². The molecule has 0 aromatic heterocycles. The first kappa shape index (κ1) is 24.9. The summed E-state index contributed by atoms with van der Waals surface area (Å²) in [7, 11) is -2.93. The number of thiocarbonyl (C=S) groups is 3. The second-order valence-corrected chi connectivity index (χ2v) is 9.80. The number of para-hydroxylation sites is 1. The summed E-state index contributed by atoms with van der Waals surface area (Å²) in [6.45, 7) is 3.18. The molecule has 0 unspecified atom stereocenters. The molecule has 0 atom stereocenters. The molecule has 2 rings (SSSR count). The van der Waals surface area contributed by atoms with Gasteiger partial charge < -0.3 is 9.47 Å². The van der Waals surface area contributed by atoms with Gasteiger partial charge in [-0.25, -0.2) is 14.0 Å². The summed E-state index contributed by atoms with van der Waals surface area (Å²) in [5.74, 6) is 1.44. The van der Waals surface area contributed by atoms with E-state index in [0.717, 1.165) is 29.7 Å². The van der Waals surface area contributed by atoms with Gasteiger partial charge in [0.15, 0.2) is 11.5 Å². The van der Waals surface area contributed by atoms with Crippen LogP contribution in [0.4, 0.5) is 0 Å². The number of rotatable bonds is 13. The lowest BCUT2D eigenvalue weighted by Crippen LogP contribution is -2.28. The first-order chi connectivity index (χ1) is 15.2. The molecular weight excluding hydrogens is 463 g/mol. The van der Waals surface area contributed by atoms with Crippen LogP contribution in [-0.4, -0.2) is 37.3 Å². The lowest BCUT2D eigenvalue weighted by atomic mass is 10.0. The molecule has 0 saturated heterocycles. The summed E-state index contributed by atoms with van der Waals surface area (Å²) in [6, 6.07) is 16.5. The highest BCUT2D eigenvalue weighted by atomic mass is 32.1. The van der Waals surface area contributed by atoms with Gasteiger partial charge in [0.1, 0.15) is 0 Å². The lowest BCUT2D eigenvalue weighted by Gasteiger charge is -2.18. The van der Waals surface area contributed by atoms with Crippen LogP contribution >= 0.6 is 36.7 Å². The summed E-state index contributed by atoms with van der Waals surface area (Å²) in [6.07, 6.45) is 2.65. The Balaban J connectivity index is 2.23. The zero-order valence-electron chi connectivity index (χ0n) is 17.2. The Morgan fingerprint density at radius 2 is 1.45 bits per heavy atom. The van der Waals surface area contributed by atoms with Crippen LogP contribution in [0.5, 0.6) is 11.5 Å². The van der Waals surface area contributed by atoms with E-state index in [9.17, 15) is 0 Å². The number of hydrogen-bond acceptors (Lipinski definition) is 8. The number of isothiocyanates is 3. The predicted octanol–water partition coefficient (Wildman–Crippen LogP) is 6.55. The second kappa shape index (κ2) is 13.9. The van der Waals surface area contributed by atoms with Gasteiger partial charge in [-0.05, 0) is 61.1 Å². The van der Waals surface area contributed by atoms with Gasteiger partial charge >= 0.3 is 8.56 Å². The van der Waals surface area contributed by atoms with Crippen molar-refractivity contribution in [2.24, 2.45) is 14.0 Å². The third-order valence-corrected chi connectivity index (χ3v) is 7.59. The van der Waals surface area contributed by atoms with Crippen molar-refractivity contribution in [2.45, 2.75) is 32.2 Å². The summed E-state index contributed by atoms with van der Waals surface area (Å²) in [5.41, 5.74) is 2.03. The number of benzene rings is 2. The number of nitrogens with zero attached hydrogens (tertiary/aromatic N) is 3. The van der Waals surface area contributed by atoms with E-state index in [0.29, 0.717) is 31.4 Å². The van der Waals surface area contributed by atoms with Crippen LogP contribution in [-0.2, 0) is 0 Å². The average molecular weight is 486 g/mol. The van der Waals surface area contributed by atoms with Gasteiger partial charge in [0.2, 0.25) is 0 Å². The fraction of sp³-hybridized carbons (Fsp3) is 0.318. The monoisotopic (exact) mass is 485 g/mol. The molecule has 0 radical (unpaired) electrons. The first-order valence-electron chi connectivity index (χ1n) is 9.90. The molecule has 2 aromatic carbocycles. The SMILES string of the molecule is CCCCOc1cccc(-c2ccccc2)c1OCCC[Si](N=C=S)(N=C=S)N=C=S. The maximum absolute atomic E-state index is 6.22. The Morgan fingerprint density at radius 1 is 0.806 bits per heavy atom. The topological polar surface area (TPSA) is 55.5 Å². The Bertz CT molecular complexity index is 955. The van der Waals surface area contributed by atoms with Crippen LogP contribution in [0.2, 0.25) is 6.04 Å². The minimum absolute atomic E-state index is 0.412. The highest BCUT2D eigenvalue weighted by molar-refractivity contribution is 7.78. The van der Waals surface area contributed by atoms with Crippen LogP contribution in [0, 0.1) is 0 Å². The van der Waals surface area contributed by atoms with Crippen molar-refractivity contribution < 1.29 is 9.47 Å². The molecule has 5 nitrogen and oxygen atoms in total. The van der Waals surface area contributed by atoms with Crippen molar-refractivity contribution in [3.8, 4) is 22.6 Å². The minimum Gasteiger partial charge on any atom is -0.490 e.